The third-order valence-electron chi connectivity index (χ3n) is 7.24. The van der Waals surface area contributed by atoms with E-state index in [4.69, 9.17) is 9.16 Å². The number of ketones is 1. The lowest BCUT2D eigenvalue weighted by Gasteiger charge is -2.48. The number of fused-ring (bicyclic) bond motifs is 1. The van der Waals surface area contributed by atoms with Gasteiger partial charge < -0.3 is 14.5 Å². The van der Waals surface area contributed by atoms with Crippen molar-refractivity contribution in [3.05, 3.63) is 42.0 Å². The van der Waals surface area contributed by atoms with E-state index in [1.807, 2.05) is 13.0 Å². The molecule has 2 amide bonds. The van der Waals surface area contributed by atoms with Crippen LogP contribution in [0.2, 0.25) is 18.1 Å². The number of β-lactam (4-membered cyclic amide) rings is 1. The highest BCUT2D eigenvalue weighted by Crippen LogP contribution is 2.41. The number of hydrogen-bond acceptors (Lipinski definition) is 5. The van der Waals surface area contributed by atoms with Gasteiger partial charge in [-0.1, -0.05) is 33.4 Å². The van der Waals surface area contributed by atoms with Crippen LogP contribution in [0, 0.1) is 11.8 Å². The molecule has 4 atom stereocenters. The van der Waals surface area contributed by atoms with Crippen molar-refractivity contribution >= 4 is 31.8 Å². The maximum atomic E-state index is 13.3. The fraction of sp³-hybridized carbons (Fsp3) is 0.560. The number of Topliss-reactive ketones (excluding diaryl/α,β-unsaturated/α-hetero) is 1. The van der Waals surface area contributed by atoms with Crippen LogP contribution in [-0.4, -0.2) is 44.9 Å². The smallest absolute Gasteiger partial charge is 0.411 e. The first-order valence-corrected chi connectivity index (χ1v) is 14.5. The van der Waals surface area contributed by atoms with Gasteiger partial charge in [-0.15, -0.1) is 0 Å². The molecule has 2 aliphatic rings. The van der Waals surface area contributed by atoms with Gasteiger partial charge in [-0.3, -0.25) is 14.9 Å². The molecule has 0 aromatic heterocycles. The van der Waals surface area contributed by atoms with Crippen LogP contribution >= 0.6 is 0 Å². The average molecular weight is 473 g/mol. The lowest BCUT2D eigenvalue weighted by Crippen LogP contribution is -2.67. The summed E-state index contributed by atoms with van der Waals surface area (Å²) in [6.45, 7) is 16.5. The Bertz CT molecular complexity index is 953. The Hall–Kier alpha value is -2.45. The van der Waals surface area contributed by atoms with Crippen molar-refractivity contribution < 1.29 is 23.5 Å². The Kier molecular flexibility index (Phi) is 7.19. The van der Waals surface area contributed by atoms with Crippen LogP contribution in [-0.2, 0) is 20.4 Å². The van der Waals surface area contributed by atoms with Crippen molar-refractivity contribution in [2.75, 3.05) is 11.9 Å². The first kappa shape index (κ1) is 25.2. The fourth-order valence-corrected chi connectivity index (χ4v) is 5.81. The molecule has 0 unspecified atom stereocenters. The standard InChI is InChI=1S/C25H36N2O5Si/c1-8-13-31-24(30)26-17-10-12-18-16(14-17)9-11-19(22(18)28)21-20(23(29)27-21)15(2)32-33(6,7)25(3,4)5/h8,10,12,14-15,19-21H,1,9,11,13H2,2-7H3,(H,26,30)(H,27,29)/t15-,19-,20-,21-/m1/s1. The number of anilines is 1. The maximum Gasteiger partial charge on any atom is 0.411 e. The van der Waals surface area contributed by atoms with E-state index in [9.17, 15) is 14.4 Å². The molecule has 1 aliphatic heterocycles. The zero-order valence-electron chi connectivity index (χ0n) is 20.5. The van der Waals surface area contributed by atoms with Gasteiger partial charge in [0.05, 0.1) is 18.1 Å². The normalized spacial score (nSPS) is 23.6. The summed E-state index contributed by atoms with van der Waals surface area (Å²) in [5.74, 6) is -0.605. The van der Waals surface area contributed by atoms with Gasteiger partial charge in [-0.2, -0.15) is 0 Å². The van der Waals surface area contributed by atoms with Crippen LogP contribution in [0.25, 0.3) is 0 Å². The van der Waals surface area contributed by atoms with Gasteiger partial charge in [0.25, 0.3) is 0 Å². The Morgan fingerprint density at radius 3 is 2.64 bits per heavy atom. The second-order valence-electron chi connectivity index (χ2n) is 10.5. The first-order chi connectivity index (χ1) is 15.4. The lowest BCUT2D eigenvalue weighted by molar-refractivity contribution is -0.141. The van der Waals surface area contributed by atoms with Gasteiger partial charge in [0.15, 0.2) is 14.1 Å². The molecule has 3 rings (SSSR count). The van der Waals surface area contributed by atoms with Gasteiger partial charge in [0.1, 0.15) is 6.61 Å². The number of benzene rings is 1. The summed E-state index contributed by atoms with van der Waals surface area (Å²) in [4.78, 5) is 37.6. The number of nitrogens with one attached hydrogen (secondary N) is 2. The number of ether oxygens (including phenoxy) is 1. The van der Waals surface area contributed by atoms with Crippen LogP contribution in [0.1, 0.15) is 50.0 Å². The van der Waals surface area contributed by atoms with Crippen molar-refractivity contribution in [1.29, 1.82) is 0 Å². The van der Waals surface area contributed by atoms with Crippen molar-refractivity contribution in [2.24, 2.45) is 11.8 Å². The molecule has 1 aliphatic carbocycles. The van der Waals surface area contributed by atoms with Gasteiger partial charge >= 0.3 is 6.09 Å². The molecule has 1 heterocycles. The van der Waals surface area contributed by atoms with Gasteiger partial charge in [0.2, 0.25) is 5.91 Å². The molecule has 33 heavy (non-hydrogen) atoms. The molecule has 1 fully saturated rings. The highest BCUT2D eigenvalue weighted by Gasteiger charge is 2.52. The van der Waals surface area contributed by atoms with Crippen molar-refractivity contribution in [2.45, 2.75) is 70.8 Å². The fourth-order valence-electron chi connectivity index (χ4n) is 4.38. The highest BCUT2D eigenvalue weighted by atomic mass is 28.4. The number of amides is 2. The topological polar surface area (TPSA) is 93.7 Å². The van der Waals surface area contributed by atoms with E-state index in [0.29, 0.717) is 24.1 Å². The van der Waals surface area contributed by atoms with Crippen LogP contribution in [0.4, 0.5) is 10.5 Å². The Labute approximate surface area is 197 Å². The number of aryl methyl sites for hydroxylation is 1. The molecule has 0 spiro atoms. The first-order valence-electron chi connectivity index (χ1n) is 11.6. The van der Waals surface area contributed by atoms with Gasteiger partial charge in [0, 0.05) is 17.2 Å². The Morgan fingerprint density at radius 1 is 1.33 bits per heavy atom. The van der Waals surface area contributed by atoms with Crippen LogP contribution in [0.5, 0.6) is 0 Å². The minimum atomic E-state index is -2.04. The molecule has 1 saturated heterocycles. The minimum Gasteiger partial charge on any atom is -0.445 e. The summed E-state index contributed by atoms with van der Waals surface area (Å²) in [5, 5.41) is 5.69. The zero-order chi connectivity index (χ0) is 24.6. The van der Waals surface area contributed by atoms with E-state index < -0.39 is 14.4 Å². The van der Waals surface area contributed by atoms with E-state index in [1.54, 1.807) is 12.1 Å². The zero-order valence-corrected chi connectivity index (χ0v) is 21.5. The molecule has 180 valence electrons. The summed E-state index contributed by atoms with van der Waals surface area (Å²) in [7, 11) is -2.04. The summed E-state index contributed by atoms with van der Waals surface area (Å²) in [5.41, 5.74) is 2.12. The number of carbonyl (C=O) groups is 3. The van der Waals surface area contributed by atoms with E-state index in [0.717, 1.165) is 5.56 Å². The van der Waals surface area contributed by atoms with Crippen molar-refractivity contribution in [1.82, 2.24) is 5.32 Å². The summed E-state index contributed by atoms with van der Waals surface area (Å²) in [6, 6.07) is 5.05. The number of rotatable bonds is 7. The van der Waals surface area contributed by atoms with Crippen molar-refractivity contribution in [3.63, 3.8) is 0 Å². The Balaban J connectivity index is 1.71. The van der Waals surface area contributed by atoms with Crippen LogP contribution in [0.3, 0.4) is 0 Å². The maximum absolute atomic E-state index is 13.3. The predicted molar refractivity (Wildman–Crippen MR) is 131 cm³/mol. The average Bonchev–Trinajstić information content (AvgIpc) is 2.69. The van der Waals surface area contributed by atoms with E-state index >= 15 is 0 Å². The highest BCUT2D eigenvalue weighted by molar-refractivity contribution is 6.74. The predicted octanol–water partition coefficient (Wildman–Crippen LogP) is 4.69. The quantitative estimate of drug-likeness (QED) is 0.341. The van der Waals surface area contributed by atoms with E-state index in [-0.39, 0.29) is 47.3 Å². The van der Waals surface area contributed by atoms with Gasteiger partial charge in [-0.25, -0.2) is 4.79 Å². The van der Waals surface area contributed by atoms with Crippen LogP contribution < -0.4 is 10.6 Å². The second-order valence-corrected chi connectivity index (χ2v) is 15.3. The second kappa shape index (κ2) is 9.42. The third-order valence-corrected chi connectivity index (χ3v) is 11.8. The molecule has 0 saturated carbocycles. The molecular weight excluding hydrogens is 436 g/mol. The Morgan fingerprint density at radius 2 is 2.03 bits per heavy atom. The SMILES string of the molecule is C=CCOC(=O)Nc1ccc2c(c1)CC[C@H]([C@H]1NC(=O)[C@@H]1[C@@H](C)O[Si](C)(C)C(C)(C)C)C2=O. The van der Waals surface area contributed by atoms with E-state index in [2.05, 4.69) is 51.1 Å². The molecule has 8 heteroatoms. The number of hydrogen-bond donors (Lipinski definition) is 2. The van der Waals surface area contributed by atoms with Gasteiger partial charge in [-0.05, 0) is 61.7 Å². The lowest BCUT2D eigenvalue weighted by atomic mass is 9.70. The van der Waals surface area contributed by atoms with Crippen molar-refractivity contribution in [3.8, 4) is 0 Å². The molecule has 1 aromatic carbocycles. The minimum absolute atomic E-state index is 0.0339. The number of carbonyl (C=O) groups excluding carboxylic acids is 3. The molecule has 1 aromatic rings. The molecule has 2 N–H and O–H groups in total. The van der Waals surface area contributed by atoms with E-state index in [1.165, 1.54) is 6.08 Å². The molecular formula is C25H36N2O5Si. The summed E-state index contributed by atoms with van der Waals surface area (Å²) >= 11 is 0. The molecule has 0 bridgehead atoms. The largest absolute Gasteiger partial charge is 0.445 e. The summed E-state index contributed by atoms with van der Waals surface area (Å²) in [6.07, 6.45) is 2.03. The monoisotopic (exact) mass is 472 g/mol. The third kappa shape index (κ3) is 5.22. The summed E-state index contributed by atoms with van der Waals surface area (Å²) < 4.78 is 11.4. The van der Waals surface area contributed by atoms with Crippen LogP contribution in [0.15, 0.2) is 30.9 Å². The molecule has 0 radical (unpaired) electrons. The molecule has 7 nitrogen and oxygen atoms in total.